The van der Waals surface area contributed by atoms with Gasteiger partial charge in [0.05, 0.1) is 0 Å². The minimum Gasteiger partial charge on any atom is -0.345 e. The Hall–Kier alpha value is -1.03. The molecule has 82 valence electrons. The number of nitrogens with one attached hydrogen (secondary N) is 1. The van der Waals surface area contributed by atoms with Crippen molar-refractivity contribution in [2.75, 3.05) is 0 Å². The molecule has 0 radical (unpaired) electrons. The molecule has 2 rings (SSSR count). The van der Waals surface area contributed by atoms with Crippen molar-refractivity contribution in [1.82, 2.24) is 9.97 Å². The van der Waals surface area contributed by atoms with Crippen LogP contribution in [0.3, 0.4) is 0 Å². The summed E-state index contributed by atoms with van der Waals surface area (Å²) in [7, 11) is 0. The van der Waals surface area contributed by atoms with Gasteiger partial charge in [-0.25, -0.2) is 4.98 Å². The number of imidazole rings is 1. The van der Waals surface area contributed by atoms with Gasteiger partial charge in [-0.05, 0) is 5.56 Å². The van der Waals surface area contributed by atoms with Gasteiger partial charge in [-0.1, -0.05) is 24.3 Å². The van der Waals surface area contributed by atoms with Crippen LogP contribution < -0.4 is 5.73 Å². The number of H-pyrrole nitrogens is 1. The second-order valence-electron chi connectivity index (χ2n) is 2.84. The third-order valence-corrected chi connectivity index (χ3v) is 1.96. The van der Waals surface area contributed by atoms with Crippen LogP contribution in [0.4, 0.5) is 0 Å². The molecule has 0 saturated carbocycles. The standard InChI is InChI=1S/C10H11N3.2ClH/c11-7-8-1-3-9(4-2-8)10-12-5-6-13-10;;/h1-6H,7,11H2,(H,12,13);2*1H. The van der Waals surface area contributed by atoms with Crippen molar-refractivity contribution in [3.05, 3.63) is 42.2 Å². The predicted octanol–water partition coefficient (Wildman–Crippen LogP) is 2.38. The second-order valence-corrected chi connectivity index (χ2v) is 2.84. The molecule has 2 aromatic rings. The summed E-state index contributed by atoms with van der Waals surface area (Å²) in [4.78, 5) is 7.20. The molecule has 0 saturated heterocycles. The highest BCUT2D eigenvalue weighted by Crippen LogP contribution is 2.14. The first-order chi connectivity index (χ1) is 6.40. The molecule has 1 aromatic heterocycles. The lowest BCUT2D eigenvalue weighted by Crippen LogP contribution is -1.95. The van der Waals surface area contributed by atoms with Crippen LogP contribution in [-0.4, -0.2) is 9.97 Å². The quantitative estimate of drug-likeness (QED) is 0.854. The Labute approximate surface area is 101 Å². The largest absolute Gasteiger partial charge is 0.345 e. The first-order valence-electron chi connectivity index (χ1n) is 4.19. The molecule has 0 fully saturated rings. The fraction of sp³-hybridized carbons (Fsp3) is 0.100. The van der Waals surface area contributed by atoms with Gasteiger partial charge in [-0.3, -0.25) is 0 Å². The number of halogens is 2. The van der Waals surface area contributed by atoms with Crippen molar-refractivity contribution in [1.29, 1.82) is 0 Å². The third-order valence-electron chi connectivity index (χ3n) is 1.96. The van der Waals surface area contributed by atoms with Crippen LogP contribution in [0.1, 0.15) is 5.56 Å². The van der Waals surface area contributed by atoms with Crippen LogP contribution in [0, 0.1) is 0 Å². The van der Waals surface area contributed by atoms with Crippen molar-refractivity contribution in [2.45, 2.75) is 6.54 Å². The molecule has 0 spiro atoms. The molecule has 0 aliphatic rings. The zero-order valence-electron chi connectivity index (χ0n) is 8.01. The van der Waals surface area contributed by atoms with Gasteiger partial charge < -0.3 is 10.7 Å². The van der Waals surface area contributed by atoms with E-state index in [1.165, 1.54) is 0 Å². The summed E-state index contributed by atoms with van der Waals surface area (Å²) < 4.78 is 0. The van der Waals surface area contributed by atoms with Crippen LogP contribution in [-0.2, 0) is 6.54 Å². The van der Waals surface area contributed by atoms with Gasteiger partial charge in [0, 0.05) is 24.5 Å². The number of nitrogens with zero attached hydrogens (tertiary/aromatic N) is 1. The molecule has 1 aromatic carbocycles. The summed E-state index contributed by atoms with van der Waals surface area (Å²) in [6.07, 6.45) is 3.55. The lowest BCUT2D eigenvalue weighted by molar-refractivity contribution is 1.07. The van der Waals surface area contributed by atoms with E-state index in [0.717, 1.165) is 17.0 Å². The number of hydrogen-bond acceptors (Lipinski definition) is 2. The third kappa shape index (κ3) is 3.23. The highest BCUT2D eigenvalue weighted by Gasteiger charge is 1.97. The van der Waals surface area contributed by atoms with Crippen molar-refractivity contribution in [3.63, 3.8) is 0 Å². The average molecular weight is 246 g/mol. The van der Waals surface area contributed by atoms with Gasteiger partial charge >= 0.3 is 0 Å². The molecule has 0 aliphatic heterocycles. The Morgan fingerprint density at radius 3 is 2.27 bits per heavy atom. The summed E-state index contributed by atoms with van der Waals surface area (Å²) in [6, 6.07) is 8.05. The molecule has 0 amide bonds. The van der Waals surface area contributed by atoms with Crippen LogP contribution in [0.2, 0.25) is 0 Å². The first kappa shape index (κ1) is 14.0. The smallest absolute Gasteiger partial charge is 0.137 e. The highest BCUT2D eigenvalue weighted by atomic mass is 35.5. The van der Waals surface area contributed by atoms with Crippen LogP contribution in [0.15, 0.2) is 36.7 Å². The summed E-state index contributed by atoms with van der Waals surface area (Å²) in [5.74, 6) is 0.892. The molecule has 0 bridgehead atoms. The molecular weight excluding hydrogens is 233 g/mol. The van der Waals surface area contributed by atoms with E-state index in [9.17, 15) is 0 Å². The van der Waals surface area contributed by atoms with Gasteiger partial charge in [0.1, 0.15) is 5.82 Å². The van der Waals surface area contributed by atoms with Gasteiger partial charge in [0.2, 0.25) is 0 Å². The van der Waals surface area contributed by atoms with E-state index in [1.807, 2.05) is 30.5 Å². The van der Waals surface area contributed by atoms with Gasteiger partial charge in [-0.15, -0.1) is 24.8 Å². The fourth-order valence-electron chi connectivity index (χ4n) is 1.22. The van der Waals surface area contributed by atoms with Crippen molar-refractivity contribution in [3.8, 4) is 11.4 Å². The molecule has 15 heavy (non-hydrogen) atoms. The summed E-state index contributed by atoms with van der Waals surface area (Å²) in [6.45, 7) is 0.582. The van der Waals surface area contributed by atoms with Gasteiger partial charge in [-0.2, -0.15) is 0 Å². The molecule has 0 unspecified atom stereocenters. The van der Waals surface area contributed by atoms with E-state index >= 15 is 0 Å². The van der Waals surface area contributed by atoms with E-state index in [-0.39, 0.29) is 24.8 Å². The average Bonchev–Trinajstić information content (AvgIpc) is 2.71. The van der Waals surface area contributed by atoms with E-state index < -0.39 is 0 Å². The number of aromatic nitrogens is 2. The monoisotopic (exact) mass is 245 g/mol. The first-order valence-corrected chi connectivity index (χ1v) is 4.19. The molecule has 3 nitrogen and oxygen atoms in total. The van der Waals surface area contributed by atoms with Crippen molar-refractivity contribution >= 4 is 24.8 Å². The molecule has 0 atom stereocenters. The zero-order valence-corrected chi connectivity index (χ0v) is 9.65. The van der Waals surface area contributed by atoms with Crippen molar-refractivity contribution in [2.24, 2.45) is 5.73 Å². The Kier molecular flexibility index (Phi) is 6.01. The van der Waals surface area contributed by atoms with E-state index in [2.05, 4.69) is 9.97 Å². The SMILES string of the molecule is Cl.Cl.NCc1ccc(-c2ncc[nH]2)cc1. The Morgan fingerprint density at radius 2 is 1.80 bits per heavy atom. The van der Waals surface area contributed by atoms with Crippen LogP contribution in [0.25, 0.3) is 11.4 Å². The lowest BCUT2D eigenvalue weighted by Gasteiger charge is -1.98. The number of rotatable bonds is 2. The molecule has 1 heterocycles. The van der Waals surface area contributed by atoms with Crippen molar-refractivity contribution < 1.29 is 0 Å². The molecule has 3 N–H and O–H groups in total. The van der Waals surface area contributed by atoms with Gasteiger partial charge in [0.15, 0.2) is 0 Å². The minimum atomic E-state index is 0. The number of aromatic amines is 1. The van der Waals surface area contributed by atoms with Crippen LogP contribution in [0.5, 0.6) is 0 Å². The van der Waals surface area contributed by atoms with E-state index in [4.69, 9.17) is 5.73 Å². The summed E-state index contributed by atoms with van der Waals surface area (Å²) in [5, 5.41) is 0. The van der Waals surface area contributed by atoms with Gasteiger partial charge in [0.25, 0.3) is 0 Å². The normalized spacial score (nSPS) is 8.87. The fourth-order valence-corrected chi connectivity index (χ4v) is 1.22. The lowest BCUT2D eigenvalue weighted by atomic mass is 10.1. The molecular formula is C10H13Cl2N3. The number of hydrogen-bond donors (Lipinski definition) is 2. The Balaban J connectivity index is 0.000000980. The maximum Gasteiger partial charge on any atom is 0.137 e. The Morgan fingerprint density at radius 1 is 1.13 bits per heavy atom. The second kappa shape index (κ2) is 6.45. The zero-order chi connectivity index (χ0) is 9.10. The topological polar surface area (TPSA) is 54.7 Å². The van der Waals surface area contributed by atoms with E-state index in [1.54, 1.807) is 6.20 Å². The number of nitrogens with two attached hydrogens (primary N) is 1. The van der Waals surface area contributed by atoms with E-state index in [0.29, 0.717) is 6.54 Å². The minimum absolute atomic E-state index is 0. The maximum atomic E-state index is 5.50. The molecule has 5 heteroatoms. The maximum absolute atomic E-state index is 5.50. The number of benzene rings is 1. The summed E-state index contributed by atoms with van der Waals surface area (Å²) in [5.41, 5.74) is 7.72. The Bertz CT molecular complexity index is 370. The molecule has 0 aliphatic carbocycles. The van der Waals surface area contributed by atoms with Crippen LogP contribution >= 0.6 is 24.8 Å². The highest BCUT2D eigenvalue weighted by molar-refractivity contribution is 5.85. The predicted molar refractivity (Wildman–Crippen MR) is 66.4 cm³/mol. The summed E-state index contributed by atoms with van der Waals surface area (Å²) >= 11 is 0.